The fourth-order valence-corrected chi connectivity index (χ4v) is 3.37. The molecule has 1 heterocycles. The van der Waals surface area contributed by atoms with Crippen molar-refractivity contribution in [3.63, 3.8) is 0 Å². The van der Waals surface area contributed by atoms with Crippen LogP contribution in [0.1, 0.15) is 45.7 Å². The quantitative estimate of drug-likeness (QED) is 0.853. The van der Waals surface area contributed by atoms with Gasteiger partial charge in [-0.25, -0.2) is 4.39 Å². The molecular weight excluding hydrogens is 329 g/mol. The maximum atomic E-state index is 13.9. The summed E-state index contributed by atoms with van der Waals surface area (Å²) in [4.78, 5) is 14.6. The second-order valence-electron chi connectivity index (χ2n) is 7.12. The van der Waals surface area contributed by atoms with Gasteiger partial charge in [-0.3, -0.25) is 9.69 Å². The summed E-state index contributed by atoms with van der Waals surface area (Å²) >= 11 is 5.81. The first-order chi connectivity index (χ1) is 11.2. The van der Waals surface area contributed by atoms with Gasteiger partial charge in [-0.15, -0.1) is 0 Å². The van der Waals surface area contributed by atoms with E-state index >= 15 is 0 Å². The Morgan fingerprint density at radius 1 is 1.38 bits per heavy atom. The highest BCUT2D eigenvalue weighted by Crippen LogP contribution is 2.35. The van der Waals surface area contributed by atoms with E-state index in [-0.39, 0.29) is 35.0 Å². The van der Waals surface area contributed by atoms with Crippen molar-refractivity contribution in [2.24, 2.45) is 11.7 Å². The molecule has 4 nitrogen and oxygen atoms in total. The Labute approximate surface area is 148 Å². The Kier molecular flexibility index (Phi) is 6.23. The molecule has 134 valence electrons. The first kappa shape index (κ1) is 19.2. The summed E-state index contributed by atoms with van der Waals surface area (Å²) in [6.45, 7) is 8.89. The number of benzene rings is 1. The number of amides is 1. The van der Waals surface area contributed by atoms with E-state index in [0.717, 1.165) is 18.5 Å². The van der Waals surface area contributed by atoms with E-state index in [9.17, 15) is 9.18 Å². The second kappa shape index (κ2) is 7.81. The van der Waals surface area contributed by atoms with Gasteiger partial charge in [-0.2, -0.15) is 0 Å². The highest BCUT2D eigenvalue weighted by molar-refractivity contribution is 6.30. The first-order valence-corrected chi connectivity index (χ1v) is 8.86. The summed E-state index contributed by atoms with van der Waals surface area (Å²) in [6.07, 6.45) is 0.809. The maximum Gasteiger partial charge on any atom is 0.237 e. The number of carbonyl (C=O) groups excluding carboxylic acids is 1. The third-order valence-electron chi connectivity index (χ3n) is 4.73. The van der Waals surface area contributed by atoms with Crippen molar-refractivity contribution in [2.45, 2.75) is 58.3 Å². The van der Waals surface area contributed by atoms with Gasteiger partial charge in [-0.05, 0) is 43.9 Å². The average Bonchev–Trinajstić information content (AvgIpc) is 2.92. The van der Waals surface area contributed by atoms with Crippen molar-refractivity contribution in [3.8, 4) is 0 Å². The molecule has 1 fully saturated rings. The highest BCUT2D eigenvalue weighted by Gasteiger charge is 2.38. The lowest BCUT2D eigenvalue weighted by molar-refractivity contribution is -0.124. The van der Waals surface area contributed by atoms with Crippen LogP contribution < -0.4 is 11.1 Å². The molecule has 0 radical (unpaired) electrons. The molecule has 1 aromatic rings. The van der Waals surface area contributed by atoms with Gasteiger partial charge in [0.2, 0.25) is 5.91 Å². The molecule has 1 aliphatic heterocycles. The molecule has 3 atom stereocenters. The summed E-state index contributed by atoms with van der Waals surface area (Å²) in [6, 6.07) is 4.44. The Bertz CT molecular complexity index is 594. The van der Waals surface area contributed by atoms with Crippen LogP contribution >= 0.6 is 11.6 Å². The highest BCUT2D eigenvalue weighted by atomic mass is 35.5. The van der Waals surface area contributed by atoms with Crippen LogP contribution in [0.4, 0.5) is 4.39 Å². The van der Waals surface area contributed by atoms with Gasteiger partial charge in [0.05, 0.1) is 17.1 Å². The maximum absolute atomic E-state index is 13.9. The number of rotatable bonds is 5. The monoisotopic (exact) mass is 355 g/mol. The molecular formula is C18H27ClFN3O. The fourth-order valence-electron chi connectivity index (χ4n) is 3.25. The van der Waals surface area contributed by atoms with E-state index in [4.69, 9.17) is 17.3 Å². The number of carbonyl (C=O) groups is 1. The van der Waals surface area contributed by atoms with E-state index in [1.807, 2.05) is 19.9 Å². The smallest absolute Gasteiger partial charge is 0.237 e. The number of halogens is 2. The van der Waals surface area contributed by atoms with E-state index in [2.05, 4.69) is 24.1 Å². The number of hydrogen-bond donors (Lipinski definition) is 2. The zero-order valence-electron chi connectivity index (χ0n) is 14.7. The standard InChI is InChI=1S/C18H27ClFN3O/c1-10(2)16(21)18(24)22-15-7-8-23(11(3)4)17(15)12-5-6-13(19)14(20)9-12/h5-6,9-11,15-17H,7-8,21H2,1-4H3,(H,22,24)/t15?,16-,17?/m0/s1. The molecule has 0 saturated carbocycles. The Morgan fingerprint density at radius 2 is 2.04 bits per heavy atom. The molecule has 0 spiro atoms. The van der Waals surface area contributed by atoms with Gasteiger partial charge >= 0.3 is 0 Å². The van der Waals surface area contributed by atoms with Gasteiger partial charge in [0.25, 0.3) is 0 Å². The molecule has 6 heteroatoms. The lowest BCUT2D eigenvalue weighted by Crippen LogP contribution is -2.49. The molecule has 1 aromatic carbocycles. The van der Waals surface area contributed by atoms with E-state index in [1.54, 1.807) is 6.07 Å². The molecule has 2 unspecified atom stereocenters. The topological polar surface area (TPSA) is 58.4 Å². The number of hydrogen-bond acceptors (Lipinski definition) is 3. The van der Waals surface area contributed by atoms with Gasteiger partial charge < -0.3 is 11.1 Å². The summed E-state index contributed by atoms with van der Waals surface area (Å²) < 4.78 is 13.9. The van der Waals surface area contributed by atoms with Crippen LogP contribution in [-0.2, 0) is 4.79 Å². The summed E-state index contributed by atoms with van der Waals surface area (Å²) in [7, 11) is 0. The molecule has 24 heavy (non-hydrogen) atoms. The Hall–Kier alpha value is -1.17. The van der Waals surface area contributed by atoms with Crippen LogP contribution in [0.25, 0.3) is 0 Å². The molecule has 1 amide bonds. The number of nitrogens with one attached hydrogen (secondary N) is 1. The van der Waals surface area contributed by atoms with Crippen LogP contribution in [0.2, 0.25) is 5.02 Å². The predicted molar refractivity (Wildman–Crippen MR) is 95.4 cm³/mol. The zero-order chi connectivity index (χ0) is 18.0. The lowest BCUT2D eigenvalue weighted by Gasteiger charge is -2.32. The Balaban J connectivity index is 2.26. The van der Waals surface area contributed by atoms with Gasteiger partial charge in [0.15, 0.2) is 0 Å². The van der Waals surface area contributed by atoms with Crippen LogP contribution in [0.15, 0.2) is 18.2 Å². The normalized spacial score (nSPS) is 23.0. The first-order valence-electron chi connectivity index (χ1n) is 8.49. The Morgan fingerprint density at radius 3 is 2.58 bits per heavy atom. The van der Waals surface area contributed by atoms with Crippen molar-refractivity contribution in [1.29, 1.82) is 0 Å². The summed E-state index contributed by atoms with van der Waals surface area (Å²) in [5, 5.41) is 3.17. The number of nitrogens with zero attached hydrogens (tertiary/aromatic N) is 1. The molecule has 0 aromatic heterocycles. The fraction of sp³-hybridized carbons (Fsp3) is 0.611. The van der Waals surface area contributed by atoms with Crippen molar-refractivity contribution in [3.05, 3.63) is 34.6 Å². The number of likely N-dealkylation sites (tertiary alicyclic amines) is 1. The van der Waals surface area contributed by atoms with Crippen molar-refractivity contribution in [1.82, 2.24) is 10.2 Å². The lowest BCUT2D eigenvalue weighted by atomic mass is 9.97. The molecule has 1 aliphatic rings. The molecule has 3 N–H and O–H groups in total. The summed E-state index contributed by atoms with van der Waals surface area (Å²) in [5.74, 6) is -0.521. The molecule has 0 aliphatic carbocycles. The third-order valence-corrected chi connectivity index (χ3v) is 5.04. The predicted octanol–water partition coefficient (Wildman–Crippen LogP) is 3.10. The number of nitrogens with two attached hydrogens (primary N) is 1. The van der Waals surface area contributed by atoms with Crippen LogP contribution in [-0.4, -0.2) is 35.5 Å². The van der Waals surface area contributed by atoms with E-state index in [1.165, 1.54) is 6.07 Å². The average molecular weight is 356 g/mol. The van der Waals surface area contributed by atoms with Crippen molar-refractivity contribution < 1.29 is 9.18 Å². The van der Waals surface area contributed by atoms with E-state index in [0.29, 0.717) is 0 Å². The van der Waals surface area contributed by atoms with Gasteiger partial charge in [-0.1, -0.05) is 31.5 Å². The van der Waals surface area contributed by atoms with Crippen LogP contribution in [0.3, 0.4) is 0 Å². The molecule has 2 rings (SSSR count). The largest absolute Gasteiger partial charge is 0.350 e. The second-order valence-corrected chi connectivity index (χ2v) is 7.53. The SMILES string of the molecule is CC(C)[C@H](N)C(=O)NC1CCN(C(C)C)C1c1ccc(Cl)c(F)c1. The minimum Gasteiger partial charge on any atom is -0.350 e. The van der Waals surface area contributed by atoms with Gasteiger partial charge in [0, 0.05) is 18.6 Å². The third kappa shape index (κ3) is 4.08. The van der Waals surface area contributed by atoms with Crippen molar-refractivity contribution >= 4 is 17.5 Å². The minimum absolute atomic E-state index is 0.0685. The van der Waals surface area contributed by atoms with Crippen LogP contribution in [0, 0.1) is 11.7 Å². The zero-order valence-corrected chi connectivity index (χ0v) is 15.5. The van der Waals surface area contributed by atoms with Gasteiger partial charge in [0.1, 0.15) is 5.82 Å². The summed E-state index contributed by atoms with van der Waals surface area (Å²) in [5.41, 5.74) is 6.78. The minimum atomic E-state index is -0.541. The van der Waals surface area contributed by atoms with Crippen LogP contribution in [0.5, 0.6) is 0 Å². The van der Waals surface area contributed by atoms with E-state index < -0.39 is 11.9 Å². The molecule has 1 saturated heterocycles. The van der Waals surface area contributed by atoms with Crippen molar-refractivity contribution in [2.75, 3.05) is 6.54 Å². The molecule has 0 bridgehead atoms.